The molecule has 0 spiro atoms. The Bertz CT molecular complexity index is 222. The summed E-state index contributed by atoms with van der Waals surface area (Å²) in [5.41, 5.74) is 0. The Balaban J connectivity index is 2.77. The Morgan fingerprint density at radius 1 is 1.90 bits per heavy atom. The van der Waals surface area contributed by atoms with Crippen molar-refractivity contribution in [1.29, 1.82) is 0 Å². The van der Waals surface area contributed by atoms with Gasteiger partial charge in [-0.1, -0.05) is 0 Å². The molecule has 4 nitrogen and oxygen atoms in total. The first-order chi connectivity index (χ1) is 4.72. The molecule has 10 heavy (non-hydrogen) atoms. The van der Waals surface area contributed by atoms with E-state index in [1.807, 2.05) is 0 Å². The SMILES string of the molecule is CC(c1ncc[nH]1)S(=O)O. The summed E-state index contributed by atoms with van der Waals surface area (Å²) >= 11 is -1.83. The zero-order chi connectivity index (χ0) is 7.56. The lowest BCUT2D eigenvalue weighted by Gasteiger charge is -2.00. The van der Waals surface area contributed by atoms with E-state index in [1.54, 1.807) is 19.3 Å². The molecule has 1 heterocycles. The molecule has 0 aromatic carbocycles. The first-order valence-corrected chi connectivity index (χ1v) is 3.97. The third-order valence-corrected chi connectivity index (χ3v) is 2.04. The third-order valence-electron chi connectivity index (χ3n) is 1.21. The molecule has 1 aromatic heterocycles. The number of rotatable bonds is 2. The van der Waals surface area contributed by atoms with Gasteiger partial charge in [0, 0.05) is 12.4 Å². The Labute approximate surface area is 61.0 Å². The number of aromatic nitrogens is 2. The number of hydrogen-bond donors (Lipinski definition) is 2. The van der Waals surface area contributed by atoms with E-state index in [0.29, 0.717) is 5.82 Å². The number of nitrogens with zero attached hydrogens (tertiary/aromatic N) is 1. The van der Waals surface area contributed by atoms with Crippen LogP contribution in [0.2, 0.25) is 0 Å². The molecule has 0 fully saturated rings. The standard InChI is InChI=1S/C5H8N2O2S/c1-4(10(8)9)5-6-2-3-7-5/h2-4H,1H3,(H,6,7)(H,8,9). The van der Waals surface area contributed by atoms with Gasteiger partial charge in [-0.2, -0.15) is 0 Å². The van der Waals surface area contributed by atoms with E-state index in [0.717, 1.165) is 0 Å². The minimum Gasteiger partial charge on any atom is -0.348 e. The van der Waals surface area contributed by atoms with Crippen LogP contribution in [-0.4, -0.2) is 18.7 Å². The normalized spacial score (nSPS) is 16.6. The van der Waals surface area contributed by atoms with Gasteiger partial charge < -0.3 is 9.54 Å². The Hall–Kier alpha value is -0.680. The molecule has 1 rings (SSSR count). The van der Waals surface area contributed by atoms with Crippen molar-refractivity contribution < 1.29 is 8.76 Å². The van der Waals surface area contributed by atoms with Gasteiger partial charge in [0.15, 0.2) is 11.1 Å². The van der Waals surface area contributed by atoms with Crippen LogP contribution < -0.4 is 0 Å². The largest absolute Gasteiger partial charge is 0.348 e. The maximum absolute atomic E-state index is 10.4. The number of nitrogens with one attached hydrogen (secondary N) is 1. The molecule has 0 saturated heterocycles. The van der Waals surface area contributed by atoms with Crippen LogP contribution in [0.4, 0.5) is 0 Å². The van der Waals surface area contributed by atoms with Crippen LogP contribution >= 0.6 is 0 Å². The molecule has 0 saturated carbocycles. The lowest BCUT2D eigenvalue weighted by Crippen LogP contribution is -2.02. The molecule has 2 unspecified atom stereocenters. The van der Waals surface area contributed by atoms with Crippen molar-refractivity contribution >= 4 is 11.1 Å². The van der Waals surface area contributed by atoms with Crippen LogP contribution in [-0.2, 0) is 11.1 Å². The van der Waals surface area contributed by atoms with Crippen molar-refractivity contribution in [3.63, 3.8) is 0 Å². The molecule has 0 aliphatic carbocycles. The van der Waals surface area contributed by atoms with Gasteiger partial charge >= 0.3 is 0 Å². The van der Waals surface area contributed by atoms with E-state index in [2.05, 4.69) is 9.97 Å². The highest BCUT2D eigenvalue weighted by atomic mass is 32.2. The second kappa shape index (κ2) is 2.94. The number of hydrogen-bond acceptors (Lipinski definition) is 2. The molecule has 1 aromatic rings. The van der Waals surface area contributed by atoms with Gasteiger partial charge in [0.05, 0.1) is 0 Å². The summed E-state index contributed by atoms with van der Waals surface area (Å²) in [4.78, 5) is 6.58. The highest BCUT2D eigenvalue weighted by Gasteiger charge is 2.12. The molecule has 56 valence electrons. The summed E-state index contributed by atoms with van der Waals surface area (Å²) in [5, 5.41) is -0.435. The van der Waals surface area contributed by atoms with Crippen LogP contribution in [0.1, 0.15) is 18.0 Å². The molecule has 0 aliphatic rings. The monoisotopic (exact) mass is 160 g/mol. The van der Waals surface area contributed by atoms with Crippen LogP contribution in [0.25, 0.3) is 0 Å². The van der Waals surface area contributed by atoms with Crippen molar-refractivity contribution in [2.45, 2.75) is 12.2 Å². The van der Waals surface area contributed by atoms with Crippen molar-refractivity contribution in [2.75, 3.05) is 0 Å². The van der Waals surface area contributed by atoms with Crippen LogP contribution in [0, 0.1) is 0 Å². The fourth-order valence-electron chi connectivity index (χ4n) is 0.595. The van der Waals surface area contributed by atoms with Crippen LogP contribution in [0.5, 0.6) is 0 Å². The molecular weight excluding hydrogens is 152 g/mol. The Morgan fingerprint density at radius 3 is 3.00 bits per heavy atom. The highest BCUT2D eigenvalue weighted by Crippen LogP contribution is 2.11. The quantitative estimate of drug-likeness (QED) is 0.625. The molecule has 0 amide bonds. The van der Waals surface area contributed by atoms with E-state index in [1.165, 1.54) is 0 Å². The van der Waals surface area contributed by atoms with E-state index in [4.69, 9.17) is 4.55 Å². The summed E-state index contributed by atoms with van der Waals surface area (Å²) in [6, 6.07) is 0. The highest BCUT2D eigenvalue weighted by molar-refractivity contribution is 7.79. The van der Waals surface area contributed by atoms with Crippen molar-refractivity contribution in [2.24, 2.45) is 0 Å². The zero-order valence-electron chi connectivity index (χ0n) is 5.44. The lowest BCUT2D eigenvalue weighted by molar-refractivity contribution is 0.551. The molecule has 0 radical (unpaired) electrons. The topological polar surface area (TPSA) is 66.0 Å². The fourth-order valence-corrected chi connectivity index (χ4v) is 0.915. The maximum Gasteiger partial charge on any atom is 0.163 e. The zero-order valence-corrected chi connectivity index (χ0v) is 6.26. The summed E-state index contributed by atoms with van der Waals surface area (Å²) in [5.74, 6) is 0.542. The van der Waals surface area contributed by atoms with E-state index < -0.39 is 16.3 Å². The minimum atomic E-state index is -1.83. The predicted molar refractivity (Wildman–Crippen MR) is 37.8 cm³/mol. The van der Waals surface area contributed by atoms with Gasteiger partial charge in [0.2, 0.25) is 0 Å². The number of aromatic amines is 1. The Kier molecular flexibility index (Phi) is 2.18. The molecule has 0 bridgehead atoms. The summed E-state index contributed by atoms with van der Waals surface area (Å²) in [7, 11) is 0. The predicted octanol–water partition coefficient (Wildman–Crippen LogP) is 0.692. The first-order valence-electron chi connectivity index (χ1n) is 2.80. The summed E-state index contributed by atoms with van der Waals surface area (Å²) < 4.78 is 19.1. The van der Waals surface area contributed by atoms with Gasteiger partial charge in [0.25, 0.3) is 0 Å². The van der Waals surface area contributed by atoms with Crippen LogP contribution in [0.3, 0.4) is 0 Å². The van der Waals surface area contributed by atoms with E-state index in [-0.39, 0.29) is 0 Å². The van der Waals surface area contributed by atoms with Gasteiger partial charge in [0.1, 0.15) is 11.1 Å². The fraction of sp³-hybridized carbons (Fsp3) is 0.400. The lowest BCUT2D eigenvalue weighted by atomic mass is 10.5. The van der Waals surface area contributed by atoms with Crippen molar-refractivity contribution in [1.82, 2.24) is 9.97 Å². The summed E-state index contributed by atoms with van der Waals surface area (Å²) in [6.07, 6.45) is 3.18. The van der Waals surface area contributed by atoms with Gasteiger partial charge in [-0.25, -0.2) is 9.19 Å². The minimum absolute atomic E-state index is 0.435. The second-order valence-electron chi connectivity index (χ2n) is 1.89. The van der Waals surface area contributed by atoms with Gasteiger partial charge in [-0.05, 0) is 6.92 Å². The van der Waals surface area contributed by atoms with Crippen LogP contribution in [0.15, 0.2) is 12.4 Å². The second-order valence-corrected chi connectivity index (χ2v) is 3.15. The summed E-state index contributed by atoms with van der Waals surface area (Å²) in [6.45, 7) is 1.63. The van der Waals surface area contributed by atoms with Crippen molar-refractivity contribution in [3.8, 4) is 0 Å². The molecule has 2 atom stereocenters. The molecule has 5 heteroatoms. The maximum atomic E-state index is 10.4. The molecule has 0 aliphatic heterocycles. The van der Waals surface area contributed by atoms with Gasteiger partial charge in [-0.15, -0.1) is 0 Å². The first kappa shape index (κ1) is 7.43. The number of H-pyrrole nitrogens is 1. The molecular formula is C5H8N2O2S. The molecule has 2 N–H and O–H groups in total. The number of imidazole rings is 1. The van der Waals surface area contributed by atoms with Crippen molar-refractivity contribution in [3.05, 3.63) is 18.2 Å². The third kappa shape index (κ3) is 1.43. The van der Waals surface area contributed by atoms with Gasteiger partial charge in [-0.3, -0.25) is 0 Å². The van der Waals surface area contributed by atoms with E-state index >= 15 is 0 Å². The van der Waals surface area contributed by atoms with E-state index in [9.17, 15) is 4.21 Å². The average molecular weight is 160 g/mol. The average Bonchev–Trinajstić information content (AvgIpc) is 2.36. The Morgan fingerprint density at radius 2 is 2.60 bits per heavy atom. The smallest absolute Gasteiger partial charge is 0.163 e.